The minimum atomic E-state index is -0.0405. The van der Waals surface area contributed by atoms with Gasteiger partial charge in [-0.15, -0.1) is 6.58 Å². The third-order valence-electron chi connectivity index (χ3n) is 2.92. The lowest BCUT2D eigenvalue weighted by atomic mass is 10.0. The summed E-state index contributed by atoms with van der Waals surface area (Å²) in [5.41, 5.74) is 2.82. The molecule has 0 aliphatic rings. The third kappa shape index (κ3) is 3.55. The normalized spacial score (nSPS) is 9.89. The van der Waals surface area contributed by atoms with Crippen molar-refractivity contribution >= 4 is 5.91 Å². The lowest BCUT2D eigenvalue weighted by Gasteiger charge is -2.09. The molecule has 0 heterocycles. The highest BCUT2D eigenvalue weighted by molar-refractivity contribution is 5.95. The Morgan fingerprint density at radius 1 is 1.05 bits per heavy atom. The molecule has 0 aliphatic carbocycles. The molecule has 19 heavy (non-hydrogen) atoms. The number of hydrogen-bond donors (Lipinski definition) is 1. The molecule has 0 saturated carbocycles. The largest absolute Gasteiger partial charge is 0.348 e. The zero-order valence-electron chi connectivity index (χ0n) is 10.8. The van der Waals surface area contributed by atoms with Crippen LogP contribution in [0.15, 0.2) is 67.3 Å². The van der Waals surface area contributed by atoms with Crippen molar-refractivity contribution in [1.29, 1.82) is 0 Å². The number of amides is 1. The quantitative estimate of drug-likeness (QED) is 0.811. The van der Waals surface area contributed by atoms with Gasteiger partial charge in [0.2, 0.25) is 0 Å². The van der Waals surface area contributed by atoms with Crippen LogP contribution in [0.4, 0.5) is 0 Å². The molecule has 1 N–H and O–H groups in total. The summed E-state index contributed by atoms with van der Waals surface area (Å²) in [5.74, 6) is -0.0405. The fourth-order valence-electron chi connectivity index (χ4n) is 1.95. The van der Waals surface area contributed by atoms with Gasteiger partial charge in [0.25, 0.3) is 5.91 Å². The maximum Gasteiger partial charge on any atom is 0.251 e. The average Bonchev–Trinajstić information content (AvgIpc) is 2.47. The van der Waals surface area contributed by atoms with E-state index in [4.69, 9.17) is 0 Å². The smallest absolute Gasteiger partial charge is 0.251 e. The van der Waals surface area contributed by atoms with E-state index in [9.17, 15) is 4.79 Å². The summed E-state index contributed by atoms with van der Waals surface area (Å²) in [6, 6.07) is 17.5. The molecular formula is C17H17NO. The maximum absolute atomic E-state index is 12.2. The van der Waals surface area contributed by atoms with Crippen LogP contribution in [0.2, 0.25) is 0 Å². The van der Waals surface area contributed by atoms with E-state index in [1.807, 2.05) is 60.7 Å². The Balaban J connectivity index is 2.06. The highest BCUT2D eigenvalue weighted by Gasteiger charge is 2.09. The summed E-state index contributed by atoms with van der Waals surface area (Å²) < 4.78 is 0. The molecule has 0 atom stereocenters. The van der Waals surface area contributed by atoms with Crippen molar-refractivity contribution in [2.45, 2.75) is 13.0 Å². The molecule has 2 aromatic carbocycles. The monoisotopic (exact) mass is 251 g/mol. The molecule has 2 heteroatoms. The van der Waals surface area contributed by atoms with Gasteiger partial charge in [-0.1, -0.05) is 54.6 Å². The first kappa shape index (κ1) is 13.1. The summed E-state index contributed by atoms with van der Waals surface area (Å²) >= 11 is 0. The summed E-state index contributed by atoms with van der Waals surface area (Å²) in [6.45, 7) is 4.26. The highest BCUT2D eigenvalue weighted by atomic mass is 16.1. The Bertz CT molecular complexity index is 560. The van der Waals surface area contributed by atoms with Gasteiger partial charge in [0.05, 0.1) is 0 Å². The molecule has 96 valence electrons. The van der Waals surface area contributed by atoms with Gasteiger partial charge < -0.3 is 5.32 Å². The average molecular weight is 251 g/mol. The fraction of sp³-hybridized carbons (Fsp3) is 0.118. The Morgan fingerprint density at radius 3 is 2.47 bits per heavy atom. The van der Waals surface area contributed by atoms with Gasteiger partial charge in [-0.25, -0.2) is 0 Å². The molecule has 0 fully saturated rings. The lowest BCUT2D eigenvalue weighted by molar-refractivity contribution is 0.0950. The minimum absolute atomic E-state index is 0.0405. The van der Waals surface area contributed by atoms with Gasteiger partial charge in [-0.05, 0) is 23.6 Å². The molecule has 0 spiro atoms. The summed E-state index contributed by atoms with van der Waals surface area (Å²) in [5, 5.41) is 2.94. The van der Waals surface area contributed by atoms with Crippen LogP contribution in [0.3, 0.4) is 0 Å². The van der Waals surface area contributed by atoms with Crippen LogP contribution in [-0.2, 0) is 13.0 Å². The first-order valence-corrected chi connectivity index (χ1v) is 6.32. The number of carbonyl (C=O) groups excluding carboxylic acids is 1. The van der Waals surface area contributed by atoms with E-state index in [0.717, 1.165) is 16.7 Å². The predicted octanol–water partition coefficient (Wildman–Crippen LogP) is 3.35. The number of allylic oxidation sites excluding steroid dienone is 1. The van der Waals surface area contributed by atoms with Gasteiger partial charge in [-0.2, -0.15) is 0 Å². The molecule has 1 amide bonds. The fourth-order valence-corrected chi connectivity index (χ4v) is 1.95. The third-order valence-corrected chi connectivity index (χ3v) is 2.92. The van der Waals surface area contributed by atoms with Gasteiger partial charge in [-0.3, -0.25) is 4.79 Å². The molecule has 0 radical (unpaired) electrons. The zero-order chi connectivity index (χ0) is 13.5. The summed E-state index contributed by atoms with van der Waals surface area (Å²) in [4.78, 5) is 12.2. The second-order valence-electron chi connectivity index (χ2n) is 4.32. The van der Waals surface area contributed by atoms with Crippen LogP contribution in [-0.4, -0.2) is 5.91 Å². The number of nitrogens with one attached hydrogen (secondary N) is 1. The molecule has 0 saturated heterocycles. The topological polar surface area (TPSA) is 29.1 Å². The minimum Gasteiger partial charge on any atom is -0.348 e. The SMILES string of the molecule is C=CCc1ccccc1C(=O)NCc1ccccc1. The highest BCUT2D eigenvalue weighted by Crippen LogP contribution is 2.10. The van der Waals surface area contributed by atoms with E-state index in [1.54, 1.807) is 0 Å². The van der Waals surface area contributed by atoms with Gasteiger partial charge in [0, 0.05) is 12.1 Å². The van der Waals surface area contributed by atoms with Crippen LogP contribution in [0.25, 0.3) is 0 Å². The van der Waals surface area contributed by atoms with Gasteiger partial charge >= 0.3 is 0 Å². The Hall–Kier alpha value is -2.35. The summed E-state index contributed by atoms with van der Waals surface area (Å²) in [7, 11) is 0. The number of hydrogen-bond acceptors (Lipinski definition) is 1. The number of carbonyl (C=O) groups is 1. The Labute approximate surface area is 113 Å². The van der Waals surface area contributed by atoms with Crippen LogP contribution < -0.4 is 5.32 Å². The summed E-state index contributed by atoms with van der Waals surface area (Å²) in [6.07, 6.45) is 2.51. The lowest BCUT2D eigenvalue weighted by Crippen LogP contribution is -2.23. The van der Waals surface area contributed by atoms with Crippen molar-refractivity contribution in [3.05, 3.63) is 83.9 Å². The number of benzene rings is 2. The first-order chi connectivity index (χ1) is 9.31. The van der Waals surface area contributed by atoms with Crippen molar-refractivity contribution in [3.63, 3.8) is 0 Å². The molecule has 0 aromatic heterocycles. The van der Waals surface area contributed by atoms with Crippen LogP contribution >= 0.6 is 0 Å². The van der Waals surface area contributed by atoms with Crippen molar-refractivity contribution < 1.29 is 4.79 Å². The molecule has 2 aromatic rings. The van der Waals surface area contributed by atoms with Crippen molar-refractivity contribution in [2.24, 2.45) is 0 Å². The second kappa shape index (κ2) is 6.55. The van der Waals surface area contributed by atoms with Gasteiger partial charge in [0.1, 0.15) is 0 Å². The van der Waals surface area contributed by atoms with Crippen LogP contribution in [0, 0.1) is 0 Å². The van der Waals surface area contributed by atoms with E-state index in [1.165, 1.54) is 0 Å². The van der Waals surface area contributed by atoms with Crippen molar-refractivity contribution in [2.75, 3.05) is 0 Å². The number of rotatable bonds is 5. The Morgan fingerprint density at radius 2 is 1.74 bits per heavy atom. The predicted molar refractivity (Wildman–Crippen MR) is 78.0 cm³/mol. The molecule has 2 rings (SSSR count). The maximum atomic E-state index is 12.2. The Kier molecular flexibility index (Phi) is 4.51. The van der Waals surface area contributed by atoms with Crippen molar-refractivity contribution in [3.8, 4) is 0 Å². The van der Waals surface area contributed by atoms with Crippen molar-refractivity contribution in [1.82, 2.24) is 5.32 Å². The molecule has 0 unspecified atom stereocenters. The van der Waals surface area contributed by atoms with E-state index < -0.39 is 0 Å². The van der Waals surface area contributed by atoms with Gasteiger partial charge in [0.15, 0.2) is 0 Å². The molecular weight excluding hydrogens is 234 g/mol. The standard InChI is InChI=1S/C17H17NO/c1-2-8-15-11-6-7-12-16(15)17(19)18-13-14-9-4-3-5-10-14/h2-7,9-12H,1,8,13H2,(H,18,19). The van der Waals surface area contributed by atoms with E-state index in [2.05, 4.69) is 11.9 Å². The van der Waals surface area contributed by atoms with E-state index >= 15 is 0 Å². The van der Waals surface area contributed by atoms with Crippen LogP contribution in [0.1, 0.15) is 21.5 Å². The van der Waals surface area contributed by atoms with E-state index in [-0.39, 0.29) is 5.91 Å². The van der Waals surface area contributed by atoms with Crippen LogP contribution in [0.5, 0.6) is 0 Å². The zero-order valence-corrected chi connectivity index (χ0v) is 10.8. The van der Waals surface area contributed by atoms with E-state index in [0.29, 0.717) is 13.0 Å². The molecule has 0 aliphatic heterocycles. The molecule has 2 nitrogen and oxygen atoms in total. The second-order valence-corrected chi connectivity index (χ2v) is 4.32. The first-order valence-electron chi connectivity index (χ1n) is 6.32. The molecule has 0 bridgehead atoms.